The number of nitrogens with two attached hydrogens (primary N) is 1. The summed E-state index contributed by atoms with van der Waals surface area (Å²) in [5.41, 5.74) is 4.90. The highest BCUT2D eigenvalue weighted by Gasteiger charge is 2.23. The average molecular weight is 230 g/mol. The highest BCUT2D eigenvalue weighted by Crippen LogP contribution is 2.20. The van der Waals surface area contributed by atoms with E-state index in [1.165, 1.54) is 11.3 Å². The zero-order valence-electron chi connectivity index (χ0n) is 8.69. The summed E-state index contributed by atoms with van der Waals surface area (Å²) in [6, 6.07) is 0. The lowest BCUT2D eigenvalue weighted by atomic mass is 10.1. The van der Waals surface area contributed by atoms with E-state index in [0.717, 1.165) is 5.01 Å². The zero-order chi connectivity index (χ0) is 11.5. The van der Waals surface area contributed by atoms with Crippen molar-refractivity contribution in [1.82, 2.24) is 4.98 Å². The zero-order valence-corrected chi connectivity index (χ0v) is 9.50. The van der Waals surface area contributed by atoms with E-state index in [1.807, 2.05) is 0 Å². The average Bonchev–Trinajstić information content (AvgIpc) is 2.48. The molecule has 15 heavy (non-hydrogen) atoms. The fraction of sp³-hybridized carbons (Fsp3) is 0.556. The van der Waals surface area contributed by atoms with Crippen LogP contribution in [0.1, 0.15) is 24.5 Å². The molecule has 0 bridgehead atoms. The first-order valence-electron chi connectivity index (χ1n) is 4.45. The molecule has 0 spiro atoms. The van der Waals surface area contributed by atoms with Crippen molar-refractivity contribution < 1.29 is 14.6 Å². The Labute approximate surface area is 91.9 Å². The van der Waals surface area contributed by atoms with Gasteiger partial charge in [-0.25, -0.2) is 9.78 Å². The van der Waals surface area contributed by atoms with Crippen LogP contribution in [0.3, 0.4) is 0 Å². The van der Waals surface area contributed by atoms with Crippen LogP contribution in [0, 0.1) is 0 Å². The normalized spacial score (nSPS) is 11.4. The number of hydrogen-bond acceptors (Lipinski definition) is 5. The molecule has 6 heteroatoms. The van der Waals surface area contributed by atoms with Gasteiger partial charge in [0.1, 0.15) is 5.60 Å². The van der Waals surface area contributed by atoms with Crippen LogP contribution in [-0.2, 0) is 17.8 Å². The molecule has 1 amide bonds. The quantitative estimate of drug-likeness (QED) is 0.809. The SMILES string of the molecule is CC(C)(Cc1nc(CO)cs1)OC(N)=O. The number of aromatic nitrogens is 1. The Hall–Kier alpha value is -1.14. The summed E-state index contributed by atoms with van der Waals surface area (Å²) in [5.74, 6) is 0. The summed E-state index contributed by atoms with van der Waals surface area (Å²) in [7, 11) is 0. The Morgan fingerprint density at radius 1 is 1.73 bits per heavy atom. The molecule has 0 atom stereocenters. The molecule has 3 N–H and O–H groups in total. The first-order valence-corrected chi connectivity index (χ1v) is 5.33. The fourth-order valence-electron chi connectivity index (χ4n) is 1.18. The van der Waals surface area contributed by atoms with Gasteiger partial charge < -0.3 is 15.6 Å². The molecule has 0 unspecified atom stereocenters. The number of thiazole rings is 1. The minimum atomic E-state index is -0.793. The van der Waals surface area contributed by atoms with Crippen molar-refractivity contribution in [1.29, 1.82) is 0 Å². The van der Waals surface area contributed by atoms with Crippen LogP contribution in [-0.4, -0.2) is 21.8 Å². The van der Waals surface area contributed by atoms with Crippen LogP contribution in [0.4, 0.5) is 4.79 Å². The summed E-state index contributed by atoms with van der Waals surface area (Å²) in [5, 5.41) is 11.4. The number of aliphatic hydroxyl groups is 1. The molecular formula is C9H14N2O3S. The summed E-state index contributed by atoms with van der Waals surface area (Å²) in [6.07, 6.45) is -0.306. The second-order valence-electron chi connectivity index (χ2n) is 3.75. The van der Waals surface area contributed by atoms with E-state index in [1.54, 1.807) is 19.2 Å². The molecule has 1 heterocycles. The predicted molar refractivity (Wildman–Crippen MR) is 56.5 cm³/mol. The maximum Gasteiger partial charge on any atom is 0.405 e. The number of amides is 1. The van der Waals surface area contributed by atoms with Gasteiger partial charge in [0.05, 0.1) is 17.3 Å². The first kappa shape index (κ1) is 11.9. The van der Waals surface area contributed by atoms with Crippen molar-refractivity contribution in [3.8, 4) is 0 Å². The minimum Gasteiger partial charge on any atom is -0.443 e. The van der Waals surface area contributed by atoms with Crippen LogP contribution in [0.25, 0.3) is 0 Å². The van der Waals surface area contributed by atoms with Gasteiger partial charge in [-0.15, -0.1) is 11.3 Å². The van der Waals surface area contributed by atoms with Crippen LogP contribution in [0.2, 0.25) is 0 Å². The number of hydrogen-bond donors (Lipinski definition) is 2. The van der Waals surface area contributed by atoms with Crippen LogP contribution in [0.15, 0.2) is 5.38 Å². The molecule has 0 saturated heterocycles. The lowest BCUT2D eigenvalue weighted by molar-refractivity contribution is 0.0459. The second kappa shape index (κ2) is 4.59. The van der Waals surface area contributed by atoms with Gasteiger partial charge >= 0.3 is 6.09 Å². The van der Waals surface area contributed by atoms with E-state index in [2.05, 4.69) is 4.98 Å². The molecule has 0 aromatic carbocycles. The van der Waals surface area contributed by atoms with E-state index in [-0.39, 0.29) is 6.61 Å². The molecule has 5 nitrogen and oxygen atoms in total. The second-order valence-corrected chi connectivity index (χ2v) is 4.69. The molecule has 0 fully saturated rings. The molecule has 0 saturated carbocycles. The molecular weight excluding hydrogens is 216 g/mol. The Balaban J connectivity index is 2.63. The number of carbonyl (C=O) groups excluding carboxylic acids is 1. The first-order chi connectivity index (χ1) is 6.93. The van der Waals surface area contributed by atoms with Crippen molar-refractivity contribution in [2.75, 3.05) is 0 Å². The molecule has 0 aliphatic heterocycles. The number of aliphatic hydroxyl groups excluding tert-OH is 1. The maximum absolute atomic E-state index is 10.6. The van der Waals surface area contributed by atoms with Crippen LogP contribution in [0.5, 0.6) is 0 Å². The van der Waals surface area contributed by atoms with Gasteiger partial charge in [0.2, 0.25) is 0 Å². The van der Waals surface area contributed by atoms with Crippen LogP contribution >= 0.6 is 11.3 Å². The molecule has 1 aromatic rings. The van der Waals surface area contributed by atoms with Gasteiger partial charge in [-0.3, -0.25) is 0 Å². The monoisotopic (exact) mass is 230 g/mol. The lowest BCUT2D eigenvalue weighted by Gasteiger charge is -2.22. The van der Waals surface area contributed by atoms with Gasteiger partial charge in [0.15, 0.2) is 0 Å². The maximum atomic E-state index is 10.6. The largest absolute Gasteiger partial charge is 0.443 e. The number of carbonyl (C=O) groups is 1. The van der Waals surface area contributed by atoms with Crippen molar-refractivity contribution in [3.63, 3.8) is 0 Å². The fourth-order valence-corrected chi connectivity index (χ4v) is 2.18. The van der Waals surface area contributed by atoms with Crippen LogP contribution < -0.4 is 5.73 Å². The molecule has 0 aliphatic carbocycles. The van der Waals surface area contributed by atoms with Gasteiger partial charge in [-0.1, -0.05) is 0 Å². The van der Waals surface area contributed by atoms with Crippen molar-refractivity contribution >= 4 is 17.4 Å². The highest BCUT2D eigenvalue weighted by molar-refractivity contribution is 7.09. The summed E-state index contributed by atoms with van der Waals surface area (Å²) in [6.45, 7) is 3.45. The molecule has 0 aliphatic rings. The summed E-state index contributed by atoms with van der Waals surface area (Å²) < 4.78 is 4.93. The van der Waals surface area contributed by atoms with Crippen molar-refractivity contribution in [2.24, 2.45) is 5.73 Å². The van der Waals surface area contributed by atoms with E-state index in [0.29, 0.717) is 12.1 Å². The molecule has 0 radical (unpaired) electrons. The molecule has 1 aromatic heterocycles. The predicted octanol–water partition coefficient (Wildman–Crippen LogP) is 1.05. The molecule has 1 rings (SSSR count). The Morgan fingerprint density at radius 3 is 2.87 bits per heavy atom. The standard InChI is InChI=1S/C9H14N2O3S/c1-9(2,14-8(10)13)3-7-11-6(4-12)5-15-7/h5,12H,3-4H2,1-2H3,(H2,10,13). The van der Waals surface area contributed by atoms with E-state index in [9.17, 15) is 4.79 Å². The van der Waals surface area contributed by atoms with Crippen molar-refractivity contribution in [2.45, 2.75) is 32.5 Å². The van der Waals surface area contributed by atoms with Gasteiger partial charge in [0, 0.05) is 11.8 Å². The molecule has 84 valence electrons. The third-order valence-corrected chi connectivity index (χ3v) is 2.61. The summed E-state index contributed by atoms with van der Waals surface area (Å²) >= 11 is 1.42. The van der Waals surface area contributed by atoms with Crippen molar-refractivity contribution in [3.05, 3.63) is 16.1 Å². The third-order valence-electron chi connectivity index (χ3n) is 1.72. The minimum absolute atomic E-state index is 0.0758. The van der Waals surface area contributed by atoms with Gasteiger partial charge in [-0.2, -0.15) is 0 Å². The summed E-state index contributed by atoms with van der Waals surface area (Å²) in [4.78, 5) is 14.8. The number of primary amides is 1. The lowest BCUT2D eigenvalue weighted by Crippen LogP contribution is -2.33. The van der Waals surface area contributed by atoms with E-state index < -0.39 is 11.7 Å². The highest BCUT2D eigenvalue weighted by atomic mass is 32.1. The number of rotatable bonds is 4. The van der Waals surface area contributed by atoms with Gasteiger partial charge in [0.25, 0.3) is 0 Å². The Kier molecular flexibility index (Phi) is 3.65. The smallest absolute Gasteiger partial charge is 0.405 e. The Morgan fingerprint density at radius 2 is 2.40 bits per heavy atom. The number of ether oxygens (including phenoxy) is 1. The number of nitrogens with zero attached hydrogens (tertiary/aromatic N) is 1. The van der Waals surface area contributed by atoms with E-state index >= 15 is 0 Å². The van der Waals surface area contributed by atoms with E-state index in [4.69, 9.17) is 15.6 Å². The Bertz CT molecular complexity index is 349. The topological polar surface area (TPSA) is 85.4 Å². The van der Waals surface area contributed by atoms with Gasteiger partial charge in [-0.05, 0) is 13.8 Å². The third kappa shape index (κ3) is 3.85.